The van der Waals surface area contributed by atoms with Gasteiger partial charge in [0, 0.05) is 19.6 Å². The van der Waals surface area contributed by atoms with E-state index in [1.807, 2.05) is 0 Å². The lowest BCUT2D eigenvalue weighted by molar-refractivity contribution is 0.295. The van der Waals surface area contributed by atoms with E-state index in [1.165, 1.54) is 11.1 Å². The van der Waals surface area contributed by atoms with Gasteiger partial charge in [-0.3, -0.25) is 4.90 Å². The van der Waals surface area contributed by atoms with Crippen LogP contribution in [-0.2, 0) is 13.1 Å². The third-order valence-electron chi connectivity index (χ3n) is 3.70. The molecule has 1 aromatic carbocycles. The number of hydrogen-bond donors (Lipinski definition) is 2. The minimum atomic E-state index is 0. The van der Waals surface area contributed by atoms with E-state index in [1.54, 1.807) is 0 Å². The van der Waals surface area contributed by atoms with Crippen LogP contribution in [0.4, 0.5) is 0 Å². The van der Waals surface area contributed by atoms with Crippen molar-refractivity contribution in [2.75, 3.05) is 26.2 Å². The van der Waals surface area contributed by atoms with Crippen LogP contribution in [0, 0.1) is 0 Å². The van der Waals surface area contributed by atoms with E-state index in [4.69, 9.17) is 4.99 Å². The van der Waals surface area contributed by atoms with Crippen molar-refractivity contribution in [1.82, 2.24) is 15.5 Å². The van der Waals surface area contributed by atoms with Gasteiger partial charge in [-0.15, -0.1) is 24.0 Å². The highest BCUT2D eigenvalue weighted by atomic mass is 127. The minimum absolute atomic E-state index is 0. The molecule has 2 N–H and O–H groups in total. The summed E-state index contributed by atoms with van der Waals surface area (Å²) in [4.78, 5) is 7.15. The Kier molecular flexibility index (Phi) is 13.1. The van der Waals surface area contributed by atoms with Crippen LogP contribution in [0.15, 0.2) is 29.3 Å². The van der Waals surface area contributed by atoms with Crippen LogP contribution >= 0.6 is 24.0 Å². The molecular weight excluding hydrogens is 399 g/mol. The number of nitrogens with one attached hydrogen (secondary N) is 2. The highest BCUT2D eigenvalue weighted by Crippen LogP contribution is 2.13. The summed E-state index contributed by atoms with van der Waals surface area (Å²) in [6, 6.07) is 8.62. The van der Waals surface area contributed by atoms with Crippen molar-refractivity contribution in [1.29, 1.82) is 0 Å². The first-order valence-electron chi connectivity index (χ1n) is 8.56. The molecule has 0 bridgehead atoms. The summed E-state index contributed by atoms with van der Waals surface area (Å²) < 4.78 is 0. The van der Waals surface area contributed by atoms with Crippen LogP contribution in [0.2, 0.25) is 0 Å². The number of hydrogen-bond acceptors (Lipinski definition) is 2. The van der Waals surface area contributed by atoms with Crippen LogP contribution in [-0.4, -0.2) is 37.0 Å². The molecule has 5 heteroatoms. The molecule has 1 aromatic rings. The third-order valence-corrected chi connectivity index (χ3v) is 3.70. The molecule has 0 amide bonds. The molecule has 0 fully saturated rings. The molecule has 0 saturated heterocycles. The zero-order valence-corrected chi connectivity index (χ0v) is 17.4. The van der Waals surface area contributed by atoms with Gasteiger partial charge in [0.1, 0.15) is 0 Å². The second-order valence-electron chi connectivity index (χ2n) is 5.35. The second kappa shape index (κ2) is 13.6. The first-order valence-corrected chi connectivity index (χ1v) is 8.56. The van der Waals surface area contributed by atoms with E-state index in [0.29, 0.717) is 0 Å². The van der Waals surface area contributed by atoms with Crippen LogP contribution in [0.1, 0.15) is 45.2 Å². The molecule has 0 saturated carbocycles. The number of halogens is 1. The quantitative estimate of drug-likeness (QED) is 0.356. The summed E-state index contributed by atoms with van der Waals surface area (Å²) >= 11 is 0. The lowest BCUT2D eigenvalue weighted by atomic mass is 10.1. The topological polar surface area (TPSA) is 39.7 Å². The molecule has 4 nitrogen and oxygen atoms in total. The minimum Gasteiger partial charge on any atom is -0.357 e. The standard InChI is InChI=1S/C18H32N4.HI/c1-5-13-20-18(19-6-2)21-14-16-11-9-10-12-17(16)15-22(7-3)8-4;/h9-12H,5-8,13-15H2,1-4H3,(H2,19,20,21);1H. The van der Waals surface area contributed by atoms with Crippen molar-refractivity contribution in [2.24, 2.45) is 4.99 Å². The Morgan fingerprint density at radius 2 is 1.65 bits per heavy atom. The van der Waals surface area contributed by atoms with Crippen LogP contribution < -0.4 is 10.6 Å². The van der Waals surface area contributed by atoms with Crippen LogP contribution in [0.25, 0.3) is 0 Å². The average molecular weight is 432 g/mol. The van der Waals surface area contributed by atoms with E-state index in [0.717, 1.165) is 51.6 Å². The summed E-state index contributed by atoms with van der Waals surface area (Å²) in [5.74, 6) is 0.905. The van der Waals surface area contributed by atoms with Gasteiger partial charge in [-0.1, -0.05) is 45.0 Å². The predicted octanol–water partition coefficient (Wildman–Crippen LogP) is 3.61. The summed E-state index contributed by atoms with van der Waals surface area (Å²) in [5.41, 5.74) is 2.68. The van der Waals surface area contributed by atoms with Crippen LogP contribution in [0.5, 0.6) is 0 Å². The van der Waals surface area contributed by atoms with Gasteiger partial charge >= 0.3 is 0 Å². The molecule has 0 aliphatic heterocycles. The van der Waals surface area contributed by atoms with E-state index in [2.05, 4.69) is 67.5 Å². The fourth-order valence-corrected chi connectivity index (χ4v) is 2.30. The van der Waals surface area contributed by atoms with Gasteiger partial charge in [-0.2, -0.15) is 0 Å². The monoisotopic (exact) mass is 432 g/mol. The lowest BCUT2D eigenvalue weighted by Crippen LogP contribution is -2.37. The summed E-state index contributed by atoms with van der Waals surface area (Å²) in [7, 11) is 0. The summed E-state index contributed by atoms with van der Waals surface area (Å²) in [6.07, 6.45) is 1.10. The maximum absolute atomic E-state index is 4.72. The Morgan fingerprint density at radius 1 is 1.00 bits per heavy atom. The molecular formula is C18H33IN4. The third kappa shape index (κ3) is 8.55. The van der Waals surface area contributed by atoms with Crippen molar-refractivity contribution in [3.8, 4) is 0 Å². The molecule has 23 heavy (non-hydrogen) atoms. The number of nitrogens with zero attached hydrogens (tertiary/aromatic N) is 2. The van der Waals surface area contributed by atoms with E-state index >= 15 is 0 Å². The number of rotatable bonds is 9. The highest BCUT2D eigenvalue weighted by Gasteiger charge is 2.06. The lowest BCUT2D eigenvalue weighted by Gasteiger charge is -2.20. The van der Waals surface area contributed by atoms with Crippen molar-refractivity contribution in [2.45, 2.75) is 47.2 Å². The Balaban J connectivity index is 0.00000484. The maximum atomic E-state index is 4.72. The summed E-state index contributed by atoms with van der Waals surface area (Å²) in [6.45, 7) is 14.4. The van der Waals surface area contributed by atoms with Gasteiger partial charge in [0.2, 0.25) is 0 Å². The van der Waals surface area contributed by atoms with Crippen LogP contribution in [0.3, 0.4) is 0 Å². The number of aliphatic imine (C=N–C) groups is 1. The Hall–Kier alpha value is -0.820. The Bertz CT molecular complexity index is 444. The molecule has 0 aromatic heterocycles. The first-order chi connectivity index (χ1) is 10.7. The molecule has 0 atom stereocenters. The van der Waals surface area contributed by atoms with Crippen molar-refractivity contribution in [3.05, 3.63) is 35.4 Å². The molecule has 0 spiro atoms. The molecule has 0 aliphatic rings. The zero-order valence-electron chi connectivity index (χ0n) is 15.1. The normalized spacial score (nSPS) is 11.3. The predicted molar refractivity (Wildman–Crippen MR) is 112 cm³/mol. The van der Waals surface area contributed by atoms with Crippen molar-refractivity contribution >= 4 is 29.9 Å². The fraction of sp³-hybridized carbons (Fsp3) is 0.611. The highest BCUT2D eigenvalue weighted by molar-refractivity contribution is 14.0. The maximum Gasteiger partial charge on any atom is 0.191 e. The molecule has 0 heterocycles. The zero-order chi connectivity index (χ0) is 16.2. The van der Waals surface area contributed by atoms with Gasteiger partial charge in [-0.25, -0.2) is 4.99 Å². The van der Waals surface area contributed by atoms with Crippen molar-refractivity contribution in [3.63, 3.8) is 0 Å². The molecule has 132 valence electrons. The van der Waals surface area contributed by atoms with E-state index in [-0.39, 0.29) is 24.0 Å². The number of benzene rings is 1. The molecule has 0 radical (unpaired) electrons. The van der Waals surface area contributed by atoms with Gasteiger partial charge in [0.25, 0.3) is 0 Å². The van der Waals surface area contributed by atoms with Gasteiger partial charge in [0.15, 0.2) is 5.96 Å². The summed E-state index contributed by atoms with van der Waals surface area (Å²) in [5, 5.41) is 6.65. The number of guanidine groups is 1. The van der Waals surface area contributed by atoms with Gasteiger partial charge in [-0.05, 0) is 37.6 Å². The second-order valence-corrected chi connectivity index (χ2v) is 5.35. The average Bonchev–Trinajstić information content (AvgIpc) is 2.56. The fourth-order valence-electron chi connectivity index (χ4n) is 2.30. The van der Waals surface area contributed by atoms with E-state index in [9.17, 15) is 0 Å². The Morgan fingerprint density at radius 3 is 2.22 bits per heavy atom. The smallest absolute Gasteiger partial charge is 0.191 e. The SMILES string of the molecule is CCCNC(=NCc1ccccc1CN(CC)CC)NCC.I. The van der Waals surface area contributed by atoms with Gasteiger partial charge in [0.05, 0.1) is 6.54 Å². The Labute approximate surface area is 159 Å². The van der Waals surface area contributed by atoms with E-state index < -0.39 is 0 Å². The first kappa shape index (κ1) is 22.2. The molecule has 0 unspecified atom stereocenters. The van der Waals surface area contributed by atoms with Gasteiger partial charge < -0.3 is 10.6 Å². The molecule has 0 aliphatic carbocycles. The molecule has 1 rings (SSSR count). The van der Waals surface area contributed by atoms with Crippen molar-refractivity contribution < 1.29 is 0 Å². The largest absolute Gasteiger partial charge is 0.357 e.